The summed E-state index contributed by atoms with van der Waals surface area (Å²) in [6.07, 6.45) is 2.36. The Morgan fingerprint density at radius 1 is 1.33 bits per heavy atom. The number of nitro benzene ring substituents is 1. The van der Waals surface area contributed by atoms with Crippen LogP contribution in [0.2, 0.25) is 0 Å². The van der Waals surface area contributed by atoms with Crippen LogP contribution in [0.1, 0.15) is 52.7 Å². The summed E-state index contributed by atoms with van der Waals surface area (Å²) in [7, 11) is 0. The van der Waals surface area contributed by atoms with Crippen LogP contribution < -0.4 is 10.5 Å². The highest BCUT2D eigenvalue weighted by Crippen LogP contribution is 2.59. The van der Waals surface area contributed by atoms with E-state index >= 15 is 0 Å². The van der Waals surface area contributed by atoms with Crippen molar-refractivity contribution in [2.75, 3.05) is 0 Å². The van der Waals surface area contributed by atoms with Gasteiger partial charge in [0.1, 0.15) is 11.3 Å². The fourth-order valence-corrected chi connectivity index (χ4v) is 4.50. The van der Waals surface area contributed by atoms with E-state index in [2.05, 4.69) is 6.92 Å². The fraction of sp³-hybridized carbons (Fsp3) is 0.350. The van der Waals surface area contributed by atoms with Crippen LogP contribution in [-0.2, 0) is 11.3 Å². The summed E-state index contributed by atoms with van der Waals surface area (Å²) in [6, 6.07) is 9.48. The van der Waals surface area contributed by atoms with Crippen molar-refractivity contribution in [3.8, 4) is 5.75 Å². The van der Waals surface area contributed by atoms with Crippen LogP contribution in [0.3, 0.4) is 0 Å². The molecule has 0 unspecified atom stereocenters. The lowest BCUT2D eigenvalue weighted by atomic mass is 9.83. The second-order valence-electron chi connectivity index (χ2n) is 7.72. The number of hydrogen-bond acceptors (Lipinski definition) is 6. The molecule has 27 heavy (non-hydrogen) atoms. The van der Waals surface area contributed by atoms with Gasteiger partial charge < -0.3 is 15.6 Å². The first-order valence-electron chi connectivity index (χ1n) is 8.96. The number of rotatable bonds is 3. The normalized spacial score (nSPS) is 28.9. The lowest BCUT2D eigenvalue weighted by Gasteiger charge is -2.29. The van der Waals surface area contributed by atoms with Crippen molar-refractivity contribution in [3.05, 3.63) is 68.8 Å². The predicted octanol–water partition coefficient (Wildman–Crippen LogP) is 2.70. The number of nitrogens with zero attached hydrogens (tertiary/aromatic N) is 1. The van der Waals surface area contributed by atoms with Gasteiger partial charge in [0.15, 0.2) is 11.3 Å². The maximum absolute atomic E-state index is 13.1. The summed E-state index contributed by atoms with van der Waals surface area (Å²) < 4.78 is 5.81. The van der Waals surface area contributed by atoms with E-state index in [-0.39, 0.29) is 16.8 Å². The average molecular weight is 366 g/mol. The standard InChI is InChI=1S/C20H18N2O5/c1-10(11-5-6-11)12-7-8-14-16(9-12)27-20(24)17-13(18(23)19(14,20)21)3-2-4-15(17)22(25)26/h2-4,7-11,24H,5-6,21H2,1H3/t10-,19-,20-/m1/s1. The van der Waals surface area contributed by atoms with Gasteiger partial charge in [0.25, 0.3) is 11.5 Å². The summed E-state index contributed by atoms with van der Waals surface area (Å²) in [4.78, 5) is 23.9. The zero-order valence-electron chi connectivity index (χ0n) is 14.6. The van der Waals surface area contributed by atoms with Gasteiger partial charge in [-0.3, -0.25) is 14.9 Å². The molecule has 0 saturated heterocycles. The second kappa shape index (κ2) is 4.94. The molecule has 2 aliphatic carbocycles. The smallest absolute Gasteiger partial charge is 0.280 e. The van der Waals surface area contributed by atoms with Gasteiger partial charge in [0.05, 0.1) is 4.92 Å². The number of ether oxygens (including phenoxy) is 1. The van der Waals surface area contributed by atoms with Gasteiger partial charge in [-0.15, -0.1) is 0 Å². The molecule has 2 aromatic carbocycles. The van der Waals surface area contributed by atoms with Gasteiger partial charge in [-0.1, -0.05) is 31.2 Å². The molecule has 138 valence electrons. The van der Waals surface area contributed by atoms with Gasteiger partial charge in [0.2, 0.25) is 0 Å². The van der Waals surface area contributed by atoms with E-state index in [1.165, 1.54) is 31.0 Å². The first-order valence-corrected chi connectivity index (χ1v) is 8.96. The van der Waals surface area contributed by atoms with Gasteiger partial charge in [-0.25, -0.2) is 0 Å². The first-order chi connectivity index (χ1) is 12.8. The van der Waals surface area contributed by atoms with E-state index in [4.69, 9.17) is 10.5 Å². The summed E-state index contributed by atoms with van der Waals surface area (Å²) in [5.41, 5.74) is 5.39. The lowest BCUT2D eigenvalue weighted by Crippen LogP contribution is -2.55. The molecule has 1 aliphatic heterocycles. The van der Waals surface area contributed by atoms with E-state index in [0.29, 0.717) is 23.1 Å². The molecule has 7 heteroatoms. The molecule has 0 spiro atoms. The van der Waals surface area contributed by atoms with Crippen LogP contribution in [0.4, 0.5) is 5.69 Å². The summed E-state index contributed by atoms with van der Waals surface area (Å²) in [5, 5.41) is 22.8. The molecule has 5 rings (SSSR count). The minimum atomic E-state index is -2.30. The fourth-order valence-electron chi connectivity index (χ4n) is 4.50. The van der Waals surface area contributed by atoms with E-state index in [1.54, 1.807) is 12.1 Å². The quantitative estimate of drug-likeness (QED) is 0.637. The minimum absolute atomic E-state index is 0.0234. The topological polar surface area (TPSA) is 116 Å². The van der Waals surface area contributed by atoms with Crippen molar-refractivity contribution < 1.29 is 19.6 Å². The van der Waals surface area contributed by atoms with E-state index in [9.17, 15) is 20.0 Å². The summed E-state index contributed by atoms with van der Waals surface area (Å²) >= 11 is 0. The van der Waals surface area contributed by atoms with Crippen LogP contribution in [0.25, 0.3) is 0 Å². The van der Waals surface area contributed by atoms with Crippen LogP contribution in [0, 0.1) is 16.0 Å². The minimum Gasteiger partial charge on any atom is -0.455 e. The Morgan fingerprint density at radius 2 is 2.07 bits per heavy atom. The largest absolute Gasteiger partial charge is 0.455 e. The van der Waals surface area contributed by atoms with Crippen molar-refractivity contribution >= 4 is 11.5 Å². The van der Waals surface area contributed by atoms with Crippen LogP contribution in [0.5, 0.6) is 5.75 Å². The Kier molecular flexibility index (Phi) is 3.00. The molecule has 0 amide bonds. The molecule has 3 atom stereocenters. The Morgan fingerprint density at radius 3 is 2.74 bits per heavy atom. The molecule has 3 N–H and O–H groups in total. The third-order valence-corrected chi connectivity index (χ3v) is 6.26. The number of carbonyl (C=O) groups is 1. The number of nitro groups is 1. The number of Topliss-reactive ketones (excluding diaryl/α,β-unsaturated/α-hetero) is 1. The molecule has 0 bridgehead atoms. The number of benzene rings is 2. The molecular formula is C20H18N2O5. The molecule has 1 saturated carbocycles. The van der Waals surface area contributed by atoms with Gasteiger partial charge in [0, 0.05) is 17.2 Å². The Balaban J connectivity index is 1.70. The molecule has 1 heterocycles. The highest BCUT2D eigenvalue weighted by Gasteiger charge is 2.71. The highest BCUT2D eigenvalue weighted by molar-refractivity contribution is 6.11. The number of nitrogens with two attached hydrogens (primary N) is 1. The number of hydrogen-bond donors (Lipinski definition) is 2. The summed E-state index contributed by atoms with van der Waals surface area (Å²) in [6.45, 7) is 2.13. The number of aliphatic hydroxyl groups is 1. The van der Waals surface area contributed by atoms with Gasteiger partial charge >= 0.3 is 0 Å². The monoisotopic (exact) mass is 366 g/mol. The zero-order chi connectivity index (χ0) is 19.1. The molecular weight excluding hydrogens is 348 g/mol. The molecule has 7 nitrogen and oxygen atoms in total. The highest BCUT2D eigenvalue weighted by atomic mass is 16.6. The van der Waals surface area contributed by atoms with Crippen molar-refractivity contribution in [1.82, 2.24) is 0 Å². The third-order valence-electron chi connectivity index (χ3n) is 6.26. The van der Waals surface area contributed by atoms with Crippen LogP contribution in [-0.4, -0.2) is 15.8 Å². The zero-order valence-corrected chi connectivity index (χ0v) is 14.6. The predicted molar refractivity (Wildman–Crippen MR) is 95.4 cm³/mol. The Bertz CT molecular complexity index is 1030. The Hall–Kier alpha value is -2.77. The van der Waals surface area contributed by atoms with Crippen LogP contribution >= 0.6 is 0 Å². The van der Waals surface area contributed by atoms with Crippen molar-refractivity contribution in [1.29, 1.82) is 0 Å². The van der Waals surface area contributed by atoms with E-state index in [0.717, 1.165) is 5.56 Å². The van der Waals surface area contributed by atoms with Crippen molar-refractivity contribution in [2.24, 2.45) is 11.7 Å². The average Bonchev–Trinajstić information content (AvgIpc) is 3.44. The first kappa shape index (κ1) is 16.4. The molecule has 0 radical (unpaired) electrons. The van der Waals surface area contributed by atoms with Crippen molar-refractivity contribution in [2.45, 2.75) is 37.0 Å². The number of carbonyl (C=O) groups excluding carboxylic acids is 1. The maximum atomic E-state index is 13.1. The molecule has 0 aromatic heterocycles. The van der Waals surface area contributed by atoms with Gasteiger partial charge in [-0.05, 0) is 36.3 Å². The molecule has 2 aromatic rings. The van der Waals surface area contributed by atoms with Crippen molar-refractivity contribution in [3.63, 3.8) is 0 Å². The number of ketones is 1. The van der Waals surface area contributed by atoms with Gasteiger partial charge in [-0.2, -0.15) is 0 Å². The molecule has 3 aliphatic rings. The lowest BCUT2D eigenvalue weighted by molar-refractivity contribution is -0.388. The van der Waals surface area contributed by atoms with E-state index in [1.807, 2.05) is 6.07 Å². The maximum Gasteiger partial charge on any atom is 0.280 e. The van der Waals surface area contributed by atoms with E-state index < -0.39 is 22.0 Å². The second-order valence-corrected chi connectivity index (χ2v) is 7.72. The Labute approximate surface area is 154 Å². The van der Waals surface area contributed by atoms with Crippen LogP contribution in [0.15, 0.2) is 36.4 Å². The molecule has 1 fully saturated rings. The number of fused-ring (bicyclic) bond motifs is 5. The SMILES string of the molecule is C[C@@H](c1ccc2c(c1)O[C@]1(O)c3c(cccc3[N+](=O)[O-])C(=O)[C@]21N)C1CC1. The summed E-state index contributed by atoms with van der Waals surface area (Å²) in [5.74, 6) is -1.61. The third kappa shape index (κ3) is 1.85.